The molecule has 0 saturated carbocycles. The number of rotatable bonds is 3. The molecule has 1 aliphatic rings. The topological polar surface area (TPSA) is 52.8 Å². The third-order valence-corrected chi connectivity index (χ3v) is 5.45. The molecule has 0 N–H and O–H groups in total. The Morgan fingerprint density at radius 2 is 1.90 bits per heavy atom. The predicted octanol–water partition coefficient (Wildman–Crippen LogP) is 4.91. The van der Waals surface area contributed by atoms with Crippen LogP contribution < -0.4 is 0 Å². The van der Waals surface area contributed by atoms with Crippen LogP contribution >= 0.6 is 0 Å². The fourth-order valence-corrected chi connectivity index (χ4v) is 3.98. The Morgan fingerprint density at radius 1 is 1.00 bits per heavy atom. The largest absolute Gasteiger partial charge is 0.381 e. The Labute approximate surface area is 168 Å². The van der Waals surface area contributed by atoms with Crippen LogP contribution in [0.3, 0.4) is 0 Å². The van der Waals surface area contributed by atoms with Gasteiger partial charge in [0.15, 0.2) is 0 Å². The normalized spacial score (nSPS) is 17.3. The van der Waals surface area contributed by atoms with E-state index in [1.165, 1.54) is 12.1 Å². The summed E-state index contributed by atoms with van der Waals surface area (Å²) in [6.07, 6.45) is 8.49. The van der Waals surface area contributed by atoms with E-state index in [4.69, 9.17) is 9.72 Å². The summed E-state index contributed by atoms with van der Waals surface area (Å²) in [5, 5.41) is 0. The Bertz CT molecular complexity index is 1130. The molecule has 0 aliphatic carbocycles. The summed E-state index contributed by atoms with van der Waals surface area (Å²) < 4.78 is 21.1. The molecule has 4 aromatic rings. The van der Waals surface area contributed by atoms with Crippen LogP contribution in [0.2, 0.25) is 0 Å². The summed E-state index contributed by atoms with van der Waals surface area (Å²) in [6.45, 7) is 1.60. The number of imidazole rings is 1. The molecule has 4 heterocycles. The van der Waals surface area contributed by atoms with Crippen molar-refractivity contribution in [2.75, 3.05) is 13.2 Å². The van der Waals surface area contributed by atoms with E-state index in [0.717, 1.165) is 66.3 Å². The van der Waals surface area contributed by atoms with Crippen molar-refractivity contribution >= 4 is 11.0 Å². The summed E-state index contributed by atoms with van der Waals surface area (Å²) in [7, 11) is 0. The average molecular weight is 388 g/mol. The molecule has 29 heavy (non-hydrogen) atoms. The molecule has 5 rings (SSSR count). The Kier molecular flexibility index (Phi) is 4.77. The fourth-order valence-electron chi connectivity index (χ4n) is 3.98. The molecule has 1 aliphatic heterocycles. The van der Waals surface area contributed by atoms with E-state index in [0.29, 0.717) is 5.92 Å². The number of ether oxygens (including phenoxy) is 1. The molecule has 1 unspecified atom stereocenters. The maximum absolute atomic E-state index is 13.5. The van der Waals surface area contributed by atoms with Gasteiger partial charge in [-0.3, -0.25) is 14.5 Å². The zero-order chi connectivity index (χ0) is 19.6. The molecule has 3 aromatic heterocycles. The molecule has 1 atom stereocenters. The molecule has 0 radical (unpaired) electrons. The van der Waals surface area contributed by atoms with Gasteiger partial charge in [0.05, 0.1) is 17.2 Å². The molecule has 1 aromatic carbocycles. The van der Waals surface area contributed by atoms with Crippen LogP contribution in [-0.4, -0.2) is 32.7 Å². The second-order valence-electron chi connectivity index (χ2n) is 7.32. The molecule has 5 nitrogen and oxygen atoms in total. The lowest BCUT2D eigenvalue weighted by molar-refractivity contribution is 0.143. The van der Waals surface area contributed by atoms with Crippen molar-refractivity contribution in [3.63, 3.8) is 0 Å². The molecule has 1 saturated heterocycles. The van der Waals surface area contributed by atoms with Crippen molar-refractivity contribution in [3.8, 4) is 17.1 Å². The second-order valence-corrected chi connectivity index (χ2v) is 7.32. The molecule has 1 fully saturated rings. The third kappa shape index (κ3) is 3.51. The van der Waals surface area contributed by atoms with E-state index in [1.54, 1.807) is 24.5 Å². The molecule has 6 heteroatoms. The van der Waals surface area contributed by atoms with E-state index in [1.807, 2.05) is 22.9 Å². The zero-order valence-corrected chi connectivity index (χ0v) is 16.0. The first-order valence-corrected chi connectivity index (χ1v) is 9.92. The van der Waals surface area contributed by atoms with Gasteiger partial charge in [0, 0.05) is 48.5 Å². The minimum atomic E-state index is -0.264. The van der Waals surface area contributed by atoms with Crippen LogP contribution in [-0.2, 0) is 4.74 Å². The molecule has 0 amide bonds. The van der Waals surface area contributed by atoms with Gasteiger partial charge in [0.2, 0.25) is 0 Å². The van der Waals surface area contributed by atoms with Crippen molar-refractivity contribution in [2.24, 2.45) is 0 Å². The number of hydrogen-bond acceptors (Lipinski definition) is 4. The predicted molar refractivity (Wildman–Crippen MR) is 109 cm³/mol. The van der Waals surface area contributed by atoms with Crippen LogP contribution in [0.25, 0.3) is 28.1 Å². The summed E-state index contributed by atoms with van der Waals surface area (Å²) in [4.78, 5) is 13.8. The standard InChI is InChI=1S/C23H21FN4O/c24-18-3-5-19(6-4-18)28-22-15-25-10-8-20(22)27-23(28)17-7-11-26-21(14-17)16-2-1-12-29-13-9-16/h3-8,10-11,14-16H,1-2,9,12-13H2. The van der Waals surface area contributed by atoms with Gasteiger partial charge < -0.3 is 4.74 Å². The van der Waals surface area contributed by atoms with Crippen LogP contribution in [0.4, 0.5) is 4.39 Å². The first-order chi connectivity index (χ1) is 14.3. The minimum Gasteiger partial charge on any atom is -0.381 e. The molecular weight excluding hydrogens is 367 g/mol. The third-order valence-electron chi connectivity index (χ3n) is 5.45. The highest BCUT2D eigenvalue weighted by molar-refractivity contribution is 5.82. The van der Waals surface area contributed by atoms with Crippen LogP contribution in [0.15, 0.2) is 61.1 Å². The maximum atomic E-state index is 13.5. The summed E-state index contributed by atoms with van der Waals surface area (Å²) in [6, 6.07) is 12.4. The van der Waals surface area contributed by atoms with Crippen LogP contribution in [0, 0.1) is 5.82 Å². The van der Waals surface area contributed by atoms with Gasteiger partial charge in [0.1, 0.15) is 11.6 Å². The number of hydrogen-bond donors (Lipinski definition) is 0. The van der Waals surface area contributed by atoms with Crippen molar-refractivity contribution in [2.45, 2.75) is 25.2 Å². The first-order valence-electron chi connectivity index (χ1n) is 9.92. The maximum Gasteiger partial charge on any atom is 0.145 e. The smallest absolute Gasteiger partial charge is 0.145 e. The van der Waals surface area contributed by atoms with E-state index in [2.05, 4.69) is 16.0 Å². The average Bonchev–Trinajstić information content (AvgIpc) is 2.94. The van der Waals surface area contributed by atoms with Gasteiger partial charge in [-0.1, -0.05) is 0 Å². The Morgan fingerprint density at radius 3 is 2.79 bits per heavy atom. The highest BCUT2D eigenvalue weighted by atomic mass is 19.1. The van der Waals surface area contributed by atoms with Gasteiger partial charge in [-0.25, -0.2) is 9.37 Å². The molecule has 146 valence electrons. The van der Waals surface area contributed by atoms with Gasteiger partial charge in [-0.05, 0) is 61.7 Å². The van der Waals surface area contributed by atoms with Gasteiger partial charge in [-0.15, -0.1) is 0 Å². The number of aromatic nitrogens is 4. The number of benzene rings is 1. The van der Waals surface area contributed by atoms with Gasteiger partial charge >= 0.3 is 0 Å². The fraction of sp³-hybridized carbons (Fsp3) is 0.261. The number of halogens is 1. The quantitative estimate of drug-likeness (QED) is 0.501. The molecule has 0 spiro atoms. The van der Waals surface area contributed by atoms with Crippen molar-refractivity contribution in [1.29, 1.82) is 0 Å². The molecule has 0 bridgehead atoms. The number of pyridine rings is 2. The lowest BCUT2D eigenvalue weighted by Crippen LogP contribution is -2.04. The van der Waals surface area contributed by atoms with E-state index >= 15 is 0 Å². The SMILES string of the molecule is Fc1ccc(-n2c(-c3ccnc(C4CCCOCC4)c3)nc3ccncc32)cc1. The van der Waals surface area contributed by atoms with Crippen molar-refractivity contribution in [3.05, 3.63) is 72.6 Å². The van der Waals surface area contributed by atoms with E-state index in [-0.39, 0.29) is 5.82 Å². The summed E-state index contributed by atoms with van der Waals surface area (Å²) in [5.74, 6) is 0.926. The number of nitrogens with zero attached hydrogens (tertiary/aromatic N) is 4. The van der Waals surface area contributed by atoms with Gasteiger partial charge in [-0.2, -0.15) is 0 Å². The highest BCUT2D eigenvalue weighted by Crippen LogP contribution is 2.31. The van der Waals surface area contributed by atoms with Crippen LogP contribution in [0.5, 0.6) is 0 Å². The first kappa shape index (κ1) is 17.9. The Hall–Kier alpha value is -3.12. The monoisotopic (exact) mass is 388 g/mol. The summed E-state index contributed by atoms with van der Waals surface area (Å²) in [5.41, 5.74) is 4.64. The lowest BCUT2D eigenvalue weighted by Gasteiger charge is -2.14. The van der Waals surface area contributed by atoms with Crippen molar-refractivity contribution in [1.82, 2.24) is 19.5 Å². The molecular formula is C23H21FN4O. The minimum absolute atomic E-state index is 0.264. The van der Waals surface area contributed by atoms with E-state index in [9.17, 15) is 4.39 Å². The second kappa shape index (κ2) is 7.72. The van der Waals surface area contributed by atoms with Gasteiger partial charge in [0.25, 0.3) is 0 Å². The lowest BCUT2D eigenvalue weighted by atomic mass is 9.95. The number of fused-ring (bicyclic) bond motifs is 1. The summed E-state index contributed by atoms with van der Waals surface area (Å²) >= 11 is 0. The van der Waals surface area contributed by atoms with Crippen molar-refractivity contribution < 1.29 is 9.13 Å². The highest BCUT2D eigenvalue weighted by Gasteiger charge is 2.19. The van der Waals surface area contributed by atoms with Crippen LogP contribution in [0.1, 0.15) is 30.9 Å². The van der Waals surface area contributed by atoms with E-state index < -0.39 is 0 Å². The zero-order valence-electron chi connectivity index (χ0n) is 16.0. The Balaban J connectivity index is 1.64.